The maximum absolute atomic E-state index is 11.5. The second-order valence-electron chi connectivity index (χ2n) is 5.25. The van der Waals surface area contributed by atoms with Gasteiger partial charge >= 0.3 is 5.97 Å². The molecule has 4 heteroatoms. The number of hydrogen-bond acceptors (Lipinski definition) is 4. The van der Waals surface area contributed by atoms with Crippen LogP contribution in [-0.2, 0) is 4.74 Å². The van der Waals surface area contributed by atoms with E-state index in [0.29, 0.717) is 5.56 Å². The number of carbonyl (C=O) groups is 1. The van der Waals surface area contributed by atoms with E-state index in [2.05, 4.69) is 9.88 Å². The molecule has 18 heavy (non-hydrogen) atoms. The lowest BCUT2D eigenvalue weighted by molar-refractivity contribution is 0.0600. The monoisotopic (exact) mass is 246 g/mol. The fourth-order valence-corrected chi connectivity index (χ4v) is 3.26. The molecule has 0 radical (unpaired) electrons. The van der Waals surface area contributed by atoms with Gasteiger partial charge in [-0.05, 0) is 36.8 Å². The number of aromatic nitrogens is 1. The summed E-state index contributed by atoms with van der Waals surface area (Å²) in [5, 5.41) is 0. The van der Waals surface area contributed by atoms with Gasteiger partial charge < -0.3 is 9.64 Å². The summed E-state index contributed by atoms with van der Waals surface area (Å²) in [6.07, 6.45) is 5.75. The quantitative estimate of drug-likeness (QED) is 0.749. The molecule has 1 saturated heterocycles. The molecule has 0 aromatic carbocycles. The van der Waals surface area contributed by atoms with E-state index in [1.165, 1.54) is 26.4 Å². The Kier molecular flexibility index (Phi) is 2.94. The molecule has 2 aliphatic rings. The molecule has 1 saturated carbocycles. The van der Waals surface area contributed by atoms with E-state index in [1.54, 1.807) is 12.3 Å². The Hall–Kier alpha value is -1.58. The second-order valence-corrected chi connectivity index (χ2v) is 5.25. The number of rotatable bonds is 2. The Balaban J connectivity index is 1.79. The number of pyridine rings is 1. The smallest absolute Gasteiger partial charge is 0.338 e. The maximum Gasteiger partial charge on any atom is 0.338 e. The van der Waals surface area contributed by atoms with Crippen LogP contribution in [0.2, 0.25) is 0 Å². The van der Waals surface area contributed by atoms with Crippen molar-refractivity contribution in [2.45, 2.75) is 19.3 Å². The summed E-state index contributed by atoms with van der Waals surface area (Å²) in [6.45, 7) is 2.17. The predicted molar refractivity (Wildman–Crippen MR) is 68.6 cm³/mol. The van der Waals surface area contributed by atoms with E-state index >= 15 is 0 Å². The van der Waals surface area contributed by atoms with Gasteiger partial charge in [0, 0.05) is 19.3 Å². The van der Waals surface area contributed by atoms with Gasteiger partial charge in [-0.15, -0.1) is 0 Å². The van der Waals surface area contributed by atoms with Gasteiger partial charge in [0.15, 0.2) is 0 Å². The van der Waals surface area contributed by atoms with Gasteiger partial charge in [-0.2, -0.15) is 0 Å². The third kappa shape index (κ3) is 1.96. The molecular formula is C14H18N2O2. The van der Waals surface area contributed by atoms with Crippen LogP contribution in [0.4, 0.5) is 5.82 Å². The molecule has 1 aromatic rings. The van der Waals surface area contributed by atoms with Crippen molar-refractivity contribution >= 4 is 11.8 Å². The molecule has 2 heterocycles. The van der Waals surface area contributed by atoms with Crippen LogP contribution >= 0.6 is 0 Å². The molecule has 0 amide bonds. The molecule has 96 valence electrons. The number of nitrogens with zero attached hydrogens (tertiary/aromatic N) is 2. The fourth-order valence-electron chi connectivity index (χ4n) is 3.26. The van der Waals surface area contributed by atoms with Crippen molar-refractivity contribution in [3.8, 4) is 0 Å². The summed E-state index contributed by atoms with van der Waals surface area (Å²) in [7, 11) is 1.41. The molecule has 0 spiro atoms. The highest BCUT2D eigenvalue weighted by molar-refractivity contribution is 5.90. The van der Waals surface area contributed by atoms with Crippen LogP contribution < -0.4 is 4.90 Å². The number of hydrogen-bond donors (Lipinski definition) is 0. The zero-order valence-corrected chi connectivity index (χ0v) is 10.6. The van der Waals surface area contributed by atoms with Crippen LogP contribution in [0.15, 0.2) is 18.3 Å². The van der Waals surface area contributed by atoms with Gasteiger partial charge in [0.2, 0.25) is 0 Å². The largest absolute Gasteiger partial charge is 0.465 e. The number of ether oxygens (including phenoxy) is 1. The lowest BCUT2D eigenvalue weighted by Gasteiger charge is -2.18. The Morgan fingerprint density at radius 2 is 2.11 bits per heavy atom. The van der Waals surface area contributed by atoms with Crippen molar-refractivity contribution in [1.29, 1.82) is 0 Å². The minimum Gasteiger partial charge on any atom is -0.465 e. The van der Waals surface area contributed by atoms with Crippen molar-refractivity contribution < 1.29 is 9.53 Å². The first-order valence-electron chi connectivity index (χ1n) is 6.57. The molecule has 2 unspecified atom stereocenters. The lowest BCUT2D eigenvalue weighted by Crippen LogP contribution is -2.22. The molecule has 1 aromatic heterocycles. The Morgan fingerprint density at radius 3 is 2.78 bits per heavy atom. The van der Waals surface area contributed by atoms with Gasteiger partial charge in [-0.3, -0.25) is 0 Å². The van der Waals surface area contributed by atoms with Gasteiger partial charge in [0.25, 0.3) is 0 Å². The Bertz CT molecular complexity index is 449. The summed E-state index contributed by atoms with van der Waals surface area (Å²) >= 11 is 0. The van der Waals surface area contributed by atoms with E-state index in [9.17, 15) is 4.79 Å². The average molecular weight is 246 g/mol. The highest BCUT2D eigenvalue weighted by Crippen LogP contribution is 2.39. The summed E-state index contributed by atoms with van der Waals surface area (Å²) in [5.41, 5.74) is 0.583. The molecule has 4 nitrogen and oxygen atoms in total. The number of carbonyl (C=O) groups excluding carboxylic acids is 1. The highest BCUT2D eigenvalue weighted by atomic mass is 16.5. The van der Waals surface area contributed by atoms with Gasteiger partial charge in [-0.25, -0.2) is 9.78 Å². The molecule has 0 bridgehead atoms. The van der Waals surface area contributed by atoms with Crippen molar-refractivity contribution in [3.05, 3.63) is 23.9 Å². The molecule has 2 atom stereocenters. The first-order valence-corrected chi connectivity index (χ1v) is 6.57. The van der Waals surface area contributed by atoms with Crippen molar-refractivity contribution in [3.63, 3.8) is 0 Å². The topological polar surface area (TPSA) is 42.4 Å². The minimum absolute atomic E-state index is 0.293. The first kappa shape index (κ1) is 11.5. The van der Waals surface area contributed by atoms with Crippen LogP contribution in [0, 0.1) is 11.8 Å². The molecule has 0 N–H and O–H groups in total. The van der Waals surface area contributed by atoms with Gasteiger partial charge in [-0.1, -0.05) is 6.42 Å². The zero-order valence-electron chi connectivity index (χ0n) is 10.6. The average Bonchev–Trinajstić information content (AvgIpc) is 2.98. The van der Waals surface area contributed by atoms with Gasteiger partial charge in [0.1, 0.15) is 5.82 Å². The molecule has 3 rings (SSSR count). The fraction of sp³-hybridized carbons (Fsp3) is 0.571. The summed E-state index contributed by atoms with van der Waals surface area (Å²) in [4.78, 5) is 18.2. The van der Waals surface area contributed by atoms with Crippen LogP contribution in [-0.4, -0.2) is 31.2 Å². The van der Waals surface area contributed by atoms with Crippen molar-refractivity contribution in [1.82, 2.24) is 4.98 Å². The molecular weight excluding hydrogens is 228 g/mol. The highest BCUT2D eigenvalue weighted by Gasteiger charge is 2.36. The van der Waals surface area contributed by atoms with E-state index in [0.717, 1.165) is 30.7 Å². The molecule has 1 aliphatic carbocycles. The Morgan fingerprint density at radius 1 is 1.39 bits per heavy atom. The SMILES string of the molecule is COC(=O)c1ccnc(N2CC3CCCC3C2)c1. The van der Waals surface area contributed by atoms with Crippen LogP contribution in [0.3, 0.4) is 0 Å². The maximum atomic E-state index is 11.5. The minimum atomic E-state index is -0.293. The van der Waals surface area contributed by atoms with Crippen LogP contribution in [0.25, 0.3) is 0 Å². The summed E-state index contributed by atoms with van der Waals surface area (Å²) in [5.74, 6) is 2.27. The van der Waals surface area contributed by atoms with Crippen LogP contribution in [0.5, 0.6) is 0 Å². The third-order valence-corrected chi connectivity index (χ3v) is 4.22. The first-order chi connectivity index (χ1) is 8.78. The van der Waals surface area contributed by atoms with Crippen LogP contribution in [0.1, 0.15) is 29.6 Å². The van der Waals surface area contributed by atoms with Crippen molar-refractivity contribution in [2.75, 3.05) is 25.1 Å². The molecule has 1 aliphatic heterocycles. The van der Waals surface area contributed by atoms with E-state index < -0.39 is 0 Å². The summed E-state index contributed by atoms with van der Waals surface area (Å²) < 4.78 is 4.74. The Labute approximate surface area is 107 Å². The van der Waals surface area contributed by atoms with Gasteiger partial charge in [0.05, 0.1) is 12.7 Å². The van der Waals surface area contributed by atoms with E-state index in [1.807, 2.05) is 6.07 Å². The standard InChI is InChI=1S/C14H18N2O2/c1-18-14(17)10-5-6-15-13(7-10)16-8-11-3-2-4-12(11)9-16/h5-7,11-12H,2-4,8-9H2,1H3. The second kappa shape index (κ2) is 4.59. The number of esters is 1. The number of methoxy groups -OCH3 is 1. The van der Waals surface area contributed by atoms with Crippen molar-refractivity contribution in [2.24, 2.45) is 11.8 Å². The lowest BCUT2D eigenvalue weighted by atomic mass is 10.0. The number of fused-ring (bicyclic) bond motifs is 1. The molecule has 2 fully saturated rings. The predicted octanol–water partition coefficient (Wildman–Crippen LogP) is 2.10. The van der Waals surface area contributed by atoms with E-state index in [-0.39, 0.29) is 5.97 Å². The van der Waals surface area contributed by atoms with E-state index in [4.69, 9.17) is 4.74 Å². The third-order valence-electron chi connectivity index (χ3n) is 4.22. The zero-order chi connectivity index (χ0) is 12.5. The number of anilines is 1. The summed E-state index contributed by atoms with van der Waals surface area (Å²) in [6, 6.07) is 3.54. The normalized spacial score (nSPS) is 26.2.